The lowest BCUT2D eigenvalue weighted by molar-refractivity contribution is 0.409. The Morgan fingerprint density at radius 2 is 1.93 bits per heavy atom. The number of anilines is 1. The van der Waals surface area contributed by atoms with Gasteiger partial charge in [0.25, 0.3) is 0 Å². The largest absolute Gasteiger partial charge is 0.350 e. The standard InChI is InChI=1S/C20H24N8/c1-12-23-17-8-7-16(25-19(17)27(12)2)15-9-10-28-18(15)11-22-20(26-28)24-14-5-3-13(21)4-6-14/h7-11,13-14H,3-6,21H2,1-2H3,(H,24,26). The molecule has 3 N–H and O–H groups in total. The Hall–Kier alpha value is -3.00. The number of fused-ring (bicyclic) bond motifs is 2. The second kappa shape index (κ2) is 6.56. The summed E-state index contributed by atoms with van der Waals surface area (Å²) in [5, 5.41) is 8.09. The number of pyridine rings is 1. The van der Waals surface area contributed by atoms with E-state index in [-0.39, 0.29) is 0 Å². The molecule has 4 aromatic rings. The molecule has 8 heteroatoms. The van der Waals surface area contributed by atoms with Crippen LogP contribution in [0, 0.1) is 6.92 Å². The topological polar surface area (TPSA) is 98.9 Å². The number of aromatic nitrogens is 6. The predicted octanol–water partition coefficient (Wildman–Crippen LogP) is 2.67. The van der Waals surface area contributed by atoms with Gasteiger partial charge in [0.15, 0.2) is 5.65 Å². The molecule has 0 unspecified atom stereocenters. The monoisotopic (exact) mass is 376 g/mol. The Balaban J connectivity index is 1.46. The van der Waals surface area contributed by atoms with Crippen molar-refractivity contribution in [1.82, 2.24) is 29.1 Å². The van der Waals surface area contributed by atoms with Crippen molar-refractivity contribution < 1.29 is 0 Å². The summed E-state index contributed by atoms with van der Waals surface area (Å²) < 4.78 is 3.87. The third-order valence-corrected chi connectivity index (χ3v) is 5.74. The van der Waals surface area contributed by atoms with E-state index in [1.54, 1.807) is 0 Å². The molecule has 1 fully saturated rings. The van der Waals surface area contributed by atoms with E-state index in [0.29, 0.717) is 18.0 Å². The molecule has 4 aromatic heterocycles. The zero-order valence-electron chi connectivity index (χ0n) is 16.1. The first kappa shape index (κ1) is 17.1. The van der Waals surface area contributed by atoms with Crippen molar-refractivity contribution in [2.24, 2.45) is 12.8 Å². The predicted molar refractivity (Wildman–Crippen MR) is 109 cm³/mol. The second-order valence-electron chi connectivity index (χ2n) is 7.65. The smallest absolute Gasteiger partial charge is 0.241 e. The highest BCUT2D eigenvalue weighted by Gasteiger charge is 2.19. The number of nitrogens with two attached hydrogens (primary N) is 1. The van der Waals surface area contributed by atoms with Crippen molar-refractivity contribution in [3.05, 3.63) is 36.4 Å². The normalized spacial score (nSPS) is 20.1. The third-order valence-electron chi connectivity index (χ3n) is 5.74. The van der Waals surface area contributed by atoms with Gasteiger partial charge in [0.2, 0.25) is 5.95 Å². The van der Waals surface area contributed by atoms with Crippen molar-refractivity contribution in [3.8, 4) is 11.3 Å². The van der Waals surface area contributed by atoms with Gasteiger partial charge >= 0.3 is 0 Å². The summed E-state index contributed by atoms with van der Waals surface area (Å²) in [4.78, 5) is 13.9. The molecule has 0 aromatic carbocycles. The maximum atomic E-state index is 5.99. The quantitative estimate of drug-likeness (QED) is 0.570. The zero-order valence-corrected chi connectivity index (χ0v) is 16.1. The van der Waals surface area contributed by atoms with Crippen LogP contribution in [0.1, 0.15) is 31.5 Å². The molecule has 4 heterocycles. The van der Waals surface area contributed by atoms with Gasteiger partial charge in [-0.3, -0.25) is 0 Å². The molecule has 0 amide bonds. The molecule has 144 valence electrons. The summed E-state index contributed by atoms with van der Waals surface area (Å²) in [6, 6.07) is 6.77. The maximum absolute atomic E-state index is 5.99. The molecule has 0 aliphatic heterocycles. The average Bonchev–Trinajstić information content (AvgIpc) is 3.24. The third kappa shape index (κ3) is 2.90. The van der Waals surface area contributed by atoms with Crippen LogP contribution < -0.4 is 11.1 Å². The lowest BCUT2D eigenvalue weighted by Crippen LogP contribution is -2.33. The van der Waals surface area contributed by atoms with Crippen LogP contribution in [0.3, 0.4) is 0 Å². The Labute approximate surface area is 162 Å². The molecule has 8 nitrogen and oxygen atoms in total. The van der Waals surface area contributed by atoms with Gasteiger partial charge < -0.3 is 15.6 Å². The molecule has 0 spiro atoms. The molecule has 0 radical (unpaired) electrons. The van der Waals surface area contributed by atoms with E-state index in [9.17, 15) is 0 Å². The van der Waals surface area contributed by atoms with Crippen molar-refractivity contribution in [1.29, 1.82) is 0 Å². The minimum Gasteiger partial charge on any atom is -0.350 e. The molecule has 1 aliphatic carbocycles. The van der Waals surface area contributed by atoms with Crippen LogP contribution in [-0.4, -0.2) is 41.2 Å². The number of rotatable bonds is 3. The fourth-order valence-electron chi connectivity index (χ4n) is 3.96. The molecule has 0 saturated heterocycles. The molecule has 0 bridgehead atoms. The van der Waals surface area contributed by atoms with E-state index in [2.05, 4.69) is 20.4 Å². The van der Waals surface area contributed by atoms with Crippen LogP contribution in [0.2, 0.25) is 0 Å². The number of aryl methyl sites for hydroxylation is 2. The average molecular weight is 376 g/mol. The van der Waals surface area contributed by atoms with Crippen LogP contribution in [0.15, 0.2) is 30.6 Å². The fourth-order valence-corrected chi connectivity index (χ4v) is 3.96. The zero-order chi connectivity index (χ0) is 19.3. The number of hydrogen-bond donors (Lipinski definition) is 2. The van der Waals surface area contributed by atoms with Crippen LogP contribution in [0.5, 0.6) is 0 Å². The van der Waals surface area contributed by atoms with Gasteiger partial charge in [-0.05, 0) is 50.8 Å². The van der Waals surface area contributed by atoms with E-state index in [4.69, 9.17) is 10.7 Å². The summed E-state index contributed by atoms with van der Waals surface area (Å²) in [5.74, 6) is 1.60. The Kier molecular flexibility index (Phi) is 4.01. The fraction of sp³-hybridized carbons (Fsp3) is 0.400. The van der Waals surface area contributed by atoms with Crippen LogP contribution in [-0.2, 0) is 7.05 Å². The van der Waals surface area contributed by atoms with E-state index < -0.39 is 0 Å². The van der Waals surface area contributed by atoms with Gasteiger partial charge in [-0.25, -0.2) is 19.5 Å². The number of imidazole rings is 1. The van der Waals surface area contributed by atoms with E-state index in [1.807, 2.05) is 53.6 Å². The van der Waals surface area contributed by atoms with Crippen LogP contribution in [0.4, 0.5) is 5.95 Å². The lowest BCUT2D eigenvalue weighted by Gasteiger charge is -2.26. The summed E-state index contributed by atoms with van der Waals surface area (Å²) in [5.41, 5.74) is 10.6. The Bertz CT molecular complexity index is 1150. The highest BCUT2D eigenvalue weighted by molar-refractivity contribution is 5.82. The molecule has 1 saturated carbocycles. The van der Waals surface area contributed by atoms with Gasteiger partial charge in [0, 0.05) is 30.9 Å². The van der Waals surface area contributed by atoms with Crippen LogP contribution >= 0.6 is 0 Å². The van der Waals surface area contributed by atoms with Crippen molar-refractivity contribution in [2.75, 3.05) is 5.32 Å². The second-order valence-corrected chi connectivity index (χ2v) is 7.65. The van der Waals surface area contributed by atoms with Crippen molar-refractivity contribution >= 4 is 22.6 Å². The van der Waals surface area contributed by atoms with Gasteiger partial charge in [-0.2, -0.15) is 0 Å². The first-order valence-corrected chi connectivity index (χ1v) is 9.75. The minimum absolute atomic E-state index is 0.335. The molecule has 1 aliphatic rings. The first-order chi connectivity index (χ1) is 13.6. The SMILES string of the molecule is Cc1nc2ccc(-c3ccn4nc(NC5CCC(N)CC5)ncc34)nc2n1C. The van der Waals surface area contributed by atoms with Crippen molar-refractivity contribution in [2.45, 2.75) is 44.7 Å². The minimum atomic E-state index is 0.335. The van der Waals surface area contributed by atoms with Crippen molar-refractivity contribution in [3.63, 3.8) is 0 Å². The Morgan fingerprint density at radius 1 is 1.11 bits per heavy atom. The maximum Gasteiger partial charge on any atom is 0.241 e. The summed E-state index contributed by atoms with van der Waals surface area (Å²) in [6.07, 6.45) is 8.04. The summed E-state index contributed by atoms with van der Waals surface area (Å²) in [6.45, 7) is 1.98. The molecule has 28 heavy (non-hydrogen) atoms. The highest BCUT2D eigenvalue weighted by Crippen LogP contribution is 2.26. The molecule has 0 atom stereocenters. The molecular formula is C20H24N8. The van der Waals surface area contributed by atoms with Gasteiger partial charge in [-0.1, -0.05) is 0 Å². The Morgan fingerprint density at radius 3 is 2.75 bits per heavy atom. The van der Waals surface area contributed by atoms with E-state index >= 15 is 0 Å². The summed E-state index contributed by atoms with van der Waals surface area (Å²) >= 11 is 0. The number of hydrogen-bond acceptors (Lipinski definition) is 6. The molecular weight excluding hydrogens is 352 g/mol. The van der Waals surface area contributed by atoms with Gasteiger partial charge in [0.1, 0.15) is 11.3 Å². The van der Waals surface area contributed by atoms with E-state index in [1.165, 1.54) is 0 Å². The number of nitrogens with zero attached hydrogens (tertiary/aromatic N) is 6. The summed E-state index contributed by atoms with van der Waals surface area (Å²) in [7, 11) is 1.98. The van der Waals surface area contributed by atoms with Crippen LogP contribution in [0.25, 0.3) is 27.9 Å². The first-order valence-electron chi connectivity index (χ1n) is 9.75. The molecule has 5 rings (SSSR count). The highest BCUT2D eigenvalue weighted by atomic mass is 15.3. The van der Waals surface area contributed by atoms with Gasteiger partial charge in [0.05, 0.1) is 17.4 Å². The number of nitrogens with one attached hydrogen (secondary N) is 1. The lowest BCUT2D eigenvalue weighted by atomic mass is 9.92. The van der Waals surface area contributed by atoms with E-state index in [0.717, 1.165) is 59.4 Å². The van der Waals surface area contributed by atoms with Gasteiger partial charge in [-0.15, -0.1) is 5.10 Å².